The number of anilines is 2. The van der Waals surface area contributed by atoms with E-state index >= 15 is 0 Å². The lowest BCUT2D eigenvalue weighted by Crippen LogP contribution is -2.10. The fourth-order valence-electron chi connectivity index (χ4n) is 1.96. The van der Waals surface area contributed by atoms with Gasteiger partial charge in [-0.05, 0) is 37.3 Å². The van der Waals surface area contributed by atoms with Gasteiger partial charge in [-0.25, -0.2) is 0 Å². The highest BCUT2D eigenvalue weighted by Crippen LogP contribution is 2.32. The van der Waals surface area contributed by atoms with E-state index in [2.05, 4.69) is 0 Å². The van der Waals surface area contributed by atoms with Crippen molar-refractivity contribution in [2.24, 2.45) is 0 Å². The summed E-state index contributed by atoms with van der Waals surface area (Å²) >= 11 is 6.27. The second kappa shape index (κ2) is 5.97. The average molecular weight is 290 g/mol. The zero-order chi connectivity index (χ0) is 14.7. The molecule has 0 aliphatic rings. The monoisotopic (exact) mass is 289 g/mol. The third-order valence-corrected chi connectivity index (χ3v) is 3.46. The Morgan fingerprint density at radius 2 is 1.95 bits per heavy atom. The van der Waals surface area contributed by atoms with Crippen molar-refractivity contribution in [3.05, 3.63) is 53.1 Å². The molecule has 0 fully saturated rings. The molecule has 0 atom stereocenters. The van der Waals surface area contributed by atoms with E-state index in [-0.39, 0.29) is 5.78 Å². The molecule has 0 bridgehead atoms. The normalized spacial score (nSPS) is 10.2. The minimum Gasteiger partial charge on any atom is -0.497 e. The quantitative estimate of drug-likeness (QED) is 0.785. The van der Waals surface area contributed by atoms with Crippen LogP contribution in [0.25, 0.3) is 0 Å². The lowest BCUT2D eigenvalue weighted by atomic mass is 10.1. The van der Waals surface area contributed by atoms with Crippen molar-refractivity contribution >= 4 is 28.8 Å². The van der Waals surface area contributed by atoms with Gasteiger partial charge in [0.25, 0.3) is 0 Å². The Morgan fingerprint density at radius 1 is 1.20 bits per heavy atom. The number of carbonyl (C=O) groups is 1. The molecule has 0 amide bonds. The summed E-state index contributed by atoms with van der Waals surface area (Å²) in [5.74, 6) is 0.785. The summed E-state index contributed by atoms with van der Waals surface area (Å²) in [6.45, 7) is 1.52. The summed E-state index contributed by atoms with van der Waals surface area (Å²) < 4.78 is 5.22. The average Bonchev–Trinajstić information content (AvgIpc) is 2.46. The minimum absolute atomic E-state index is 0.00230. The summed E-state index contributed by atoms with van der Waals surface area (Å²) in [6, 6.07) is 13.0. The van der Waals surface area contributed by atoms with Gasteiger partial charge in [-0.15, -0.1) is 0 Å². The number of benzene rings is 2. The zero-order valence-corrected chi connectivity index (χ0v) is 12.4. The molecule has 2 aromatic rings. The van der Waals surface area contributed by atoms with Crippen LogP contribution in [0.15, 0.2) is 42.5 Å². The summed E-state index contributed by atoms with van der Waals surface area (Å²) in [5.41, 5.74) is 2.41. The van der Waals surface area contributed by atoms with E-state index in [4.69, 9.17) is 16.3 Å². The molecule has 4 heteroatoms. The molecule has 0 aromatic heterocycles. The number of hydrogen-bond donors (Lipinski definition) is 0. The second-order valence-electron chi connectivity index (χ2n) is 4.48. The Labute approximate surface area is 123 Å². The maximum absolute atomic E-state index is 11.3. The molecular formula is C16H16ClNO2. The SMILES string of the molecule is COc1cccc(N(C)c2ccc(C(C)=O)cc2Cl)c1. The molecule has 3 nitrogen and oxygen atoms in total. The van der Waals surface area contributed by atoms with Gasteiger partial charge in [-0.2, -0.15) is 0 Å². The first kappa shape index (κ1) is 14.4. The van der Waals surface area contributed by atoms with Crippen molar-refractivity contribution in [3.63, 3.8) is 0 Å². The predicted molar refractivity (Wildman–Crippen MR) is 82.5 cm³/mol. The van der Waals surface area contributed by atoms with E-state index in [1.54, 1.807) is 19.2 Å². The van der Waals surface area contributed by atoms with Crippen molar-refractivity contribution in [3.8, 4) is 5.75 Å². The molecule has 20 heavy (non-hydrogen) atoms. The zero-order valence-electron chi connectivity index (χ0n) is 11.7. The number of hydrogen-bond acceptors (Lipinski definition) is 3. The minimum atomic E-state index is 0.00230. The molecule has 2 rings (SSSR count). The first-order valence-corrected chi connectivity index (χ1v) is 6.59. The van der Waals surface area contributed by atoms with Crippen LogP contribution < -0.4 is 9.64 Å². The number of Topliss-reactive ketones (excluding diaryl/α,β-unsaturated/α-hetero) is 1. The molecule has 0 unspecified atom stereocenters. The standard InChI is InChI=1S/C16H16ClNO2/c1-11(19)12-7-8-16(15(17)9-12)18(2)13-5-4-6-14(10-13)20-3/h4-10H,1-3H3. The molecule has 0 N–H and O–H groups in total. The number of ketones is 1. The van der Waals surface area contributed by atoms with Gasteiger partial charge in [-0.3, -0.25) is 4.79 Å². The maximum atomic E-state index is 11.3. The van der Waals surface area contributed by atoms with Crippen LogP contribution in [-0.2, 0) is 0 Å². The van der Waals surface area contributed by atoms with Gasteiger partial charge in [0.2, 0.25) is 0 Å². The maximum Gasteiger partial charge on any atom is 0.159 e. The van der Waals surface area contributed by atoms with Gasteiger partial charge in [0.1, 0.15) is 5.75 Å². The smallest absolute Gasteiger partial charge is 0.159 e. The van der Waals surface area contributed by atoms with Crippen LogP contribution >= 0.6 is 11.6 Å². The number of methoxy groups -OCH3 is 1. The Morgan fingerprint density at radius 3 is 2.55 bits per heavy atom. The Bertz CT molecular complexity index is 640. The third kappa shape index (κ3) is 2.94. The summed E-state index contributed by atoms with van der Waals surface area (Å²) in [7, 11) is 3.55. The molecule has 0 aliphatic carbocycles. The Balaban J connectivity index is 2.37. The highest BCUT2D eigenvalue weighted by atomic mass is 35.5. The van der Waals surface area contributed by atoms with Crippen LogP contribution in [0.5, 0.6) is 5.75 Å². The lowest BCUT2D eigenvalue weighted by molar-refractivity contribution is 0.101. The van der Waals surface area contributed by atoms with Crippen molar-refractivity contribution in [1.29, 1.82) is 0 Å². The van der Waals surface area contributed by atoms with Crippen LogP contribution in [0.2, 0.25) is 5.02 Å². The molecular weight excluding hydrogens is 274 g/mol. The predicted octanol–water partition coefficient (Wildman–Crippen LogP) is 4.32. The van der Waals surface area contributed by atoms with Gasteiger partial charge in [-0.1, -0.05) is 17.7 Å². The van der Waals surface area contributed by atoms with Gasteiger partial charge in [0.15, 0.2) is 5.78 Å². The molecule has 0 saturated carbocycles. The van der Waals surface area contributed by atoms with E-state index < -0.39 is 0 Å². The van der Waals surface area contributed by atoms with Gasteiger partial charge in [0, 0.05) is 24.4 Å². The molecule has 0 radical (unpaired) electrons. The first-order valence-electron chi connectivity index (χ1n) is 6.21. The van der Waals surface area contributed by atoms with Gasteiger partial charge in [0.05, 0.1) is 17.8 Å². The highest BCUT2D eigenvalue weighted by Gasteiger charge is 2.11. The van der Waals surface area contributed by atoms with Crippen LogP contribution in [0.1, 0.15) is 17.3 Å². The molecule has 0 saturated heterocycles. The van der Waals surface area contributed by atoms with Gasteiger partial charge < -0.3 is 9.64 Å². The number of halogens is 1. The van der Waals surface area contributed by atoms with Crippen molar-refractivity contribution in [1.82, 2.24) is 0 Å². The van der Waals surface area contributed by atoms with Crippen LogP contribution in [-0.4, -0.2) is 19.9 Å². The summed E-state index contributed by atoms with van der Waals surface area (Å²) in [5, 5.41) is 0.544. The highest BCUT2D eigenvalue weighted by molar-refractivity contribution is 6.33. The van der Waals surface area contributed by atoms with E-state index in [1.165, 1.54) is 6.92 Å². The number of carbonyl (C=O) groups excluding carboxylic acids is 1. The van der Waals surface area contributed by atoms with Crippen LogP contribution in [0.4, 0.5) is 11.4 Å². The summed E-state index contributed by atoms with van der Waals surface area (Å²) in [4.78, 5) is 13.3. The van der Waals surface area contributed by atoms with E-state index in [0.717, 1.165) is 17.1 Å². The molecule has 2 aromatic carbocycles. The number of ether oxygens (including phenoxy) is 1. The Kier molecular flexibility index (Phi) is 4.30. The van der Waals surface area contributed by atoms with Crippen molar-refractivity contribution in [2.45, 2.75) is 6.92 Å². The lowest BCUT2D eigenvalue weighted by Gasteiger charge is -2.21. The van der Waals surface area contributed by atoms with E-state index in [9.17, 15) is 4.79 Å². The topological polar surface area (TPSA) is 29.5 Å². The molecule has 104 valence electrons. The van der Waals surface area contributed by atoms with E-state index in [1.807, 2.05) is 42.3 Å². The fraction of sp³-hybridized carbons (Fsp3) is 0.188. The van der Waals surface area contributed by atoms with Crippen LogP contribution in [0, 0.1) is 0 Å². The van der Waals surface area contributed by atoms with Crippen molar-refractivity contribution < 1.29 is 9.53 Å². The number of rotatable bonds is 4. The Hall–Kier alpha value is -2.00. The first-order chi connectivity index (χ1) is 9.52. The summed E-state index contributed by atoms with van der Waals surface area (Å²) in [6.07, 6.45) is 0. The van der Waals surface area contributed by atoms with E-state index in [0.29, 0.717) is 10.6 Å². The van der Waals surface area contributed by atoms with Crippen LogP contribution in [0.3, 0.4) is 0 Å². The van der Waals surface area contributed by atoms with Gasteiger partial charge >= 0.3 is 0 Å². The number of nitrogens with zero attached hydrogens (tertiary/aromatic N) is 1. The third-order valence-electron chi connectivity index (χ3n) is 3.16. The fourth-order valence-corrected chi connectivity index (χ4v) is 2.26. The largest absolute Gasteiger partial charge is 0.497 e. The molecule has 0 aliphatic heterocycles. The molecule has 0 spiro atoms. The molecule has 0 heterocycles. The van der Waals surface area contributed by atoms with Crippen molar-refractivity contribution in [2.75, 3.05) is 19.1 Å². The second-order valence-corrected chi connectivity index (χ2v) is 4.89.